The molecule has 0 aliphatic heterocycles. The van der Waals surface area contributed by atoms with Gasteiger partial charge in [0.25, 0.3) is 0 Å². The summed E-state index contributed by atoms with van der Waals surface area (Å²) in [6, 6.07) is 8.81. The number of nitrogens with zero attached hydrogens (tertiary/aromatic N) is 4. The molecule has 6 heteroatoms. The number of rotatable bonds is 6. The van der Waals surface area contributed by atoms with Gasteiger partial charge in [-0.3, -0.25) is 4.68 Å². The third-order valence-corrected chi connectivity index (χ3v) is 4.27. The van der Waals surface area contributed by atoms with E-state index < -0.39 is 0 Å². The molecule has 0 radical (unpaired) electrons. The highest BCUT2D eigenvalue weighted by Gasteiger charge is 2.22. The lowest BCUT2D eigenvalue weighted by atomic mass is 10.1. The maximum atomic E-state index is 13.3. The van der Waals surface area contributed by atoms with Crippen LogP contribution in [0, 0.1) is 11.7 Å². The van der Waals surface area contributed by atoms with E-state index in [1.807, 2.05) is 16.9 Å². The number of nitrogens with one attached hydrogen (secondary N) is 1. The zero-order chi connectivity index (χ0) is 18.1. The molecular formula is C20H22FN5. The number of halogens is 1. The van der Waals surface area contributed by atoms with Crippen LogP contribution in [0.25, 0.3) is 22.5 Å². The van der Waals surface area contributed by atoms with Crippen LogP contribution in [0.1, 0.15) is 26.7 Å². The van der Waals surface area contributed by atoms with Crippen molar-refractivity contribution in [3.05, 3.63) is 48.5 Å². The number of anilines is 1. The molecule has 1 aliphatic carbocycles. The van der Waals surface area contributed by atoms with Crippen molar-refractivity contribution in [3.63, 3.8) is 0 Å². The van der Waals surface area contributed by atoms with E-state index in [-0.39, 0.29) is 5.82 Å². The predicted molar refractivity (Wildman–Crippen MR) is 100 cm³/mol. The third kappa shape index (κ3) is 3.74. The highest BCUT2D eigenvalue weighted by atomic mass is 19.1. The van der Waals surface area contributed by atoms with Crippen molar-refractivity contribution in [2.24, 2.45) is 5.92 Å². The summed E-state index contributed by atoms with van der Waals surface area (Å²) in [4.78, 5) is 8.98. The van der Waals surface area contributed by atoms with Gasteiger partial charge in [0.05, 0.1) is 5.69 Å². The first-order valence-electron chi connectivity index (χ1n) is 9.02. The molecule has 0 atom stereocenters. The molecule has 1 saturated carbocycles. The van der Waals surface area contributed by atoms with E-state index in [2.05, 4.69) is 29.1 Å². The minimum absolute atomic E-state index is 0.255. The standard InChI is InChI=1S/C20H22FN5/c1-13(2)11-26-12-17(19(25-26)14-3-5-15(21)6-4-14)18-9-10-22-20(24-18)23-16-7-8-16/h3-6,9-10,12-13,16H,7-8,11H2,1-2H3,(H,22,23,24). The maximum absolute atomic E-state index is 13.3. The Morgan fingerprint density at radius 1 is 1.19 bits per heavy atom. The molecule has 1 N–H and O–H groups in total. The lowest BCUT2D eigenvalue weighted by Crippen LogP contribution is -2.05. The minimum Gasteiger partial charge on any atom is -0.351 e. The lowest BCUT2D eigenvalue weighted by Gasteiger charge is -2.05. The van der Waals surface area contributed by atoms with E-state index in [1.54, 1.807) is 18.3 Å². The van der Waals surface area contributed by atoms with Gasteiger partial charge in [0.15, 0.2) is 0 Å². The van der Waals surface area contributed by atoms with Gasteiger partial charge in [-0.15, -0.1) is 0 Å². The SMILES string of the molecule is CC(C)Cn1cc(-c2ccnc(NC3CC3)n2)c(-c2ccc(F)cc2)n1. The summed E-state index contributed by atoms with van der Waals surface area (Å²) in [7, 11) is 0. The van der Waals surface area contributed by atoms with Gasteiger partial charge in [-0.25, -0.2) is 14.4 Å². The molecule has 1 aliphatic rings. The third-order valence-electron chi connectivity index (χ3n) is 4.27. The van der Waals surface area contributed by atoms with Crippen molar-refractivity contribution in [1.82, 2.24) is 19.7 Å². The molecule has 0 spiro atoms. The van der Waals surface area contributed by atoms with Crippen molar-refractivity contribution >= 4 is 5.95 Å². The average Bonchev–Trinajstić information content (AvgIpc) is 3.33. The van der Waals surface area contributed by atoms with E-state index in [0.29, 0.717) is 17.9 Å². The monoisotopic (exact) mass is 351 g/mol. The molecule has 0 bridgehead atoms. The van der Waals surface area contributed by atoms with Crippen molar-refractivity contribution in [2.45, 2.75) is 39.3 Å². The van der Waals surface area contributed by atoms with Gasteiger partial charge in [-0.1, -0.05) is 13.8 Å². The van der Waals surface area contributed by atoms with Crippen LogP contribution >= 0.6 is 0 Å². The normalized spacial score (nSPS) is 14.0. The minimum atomic E-state index is -0.255. The van der Waals surface area contributed by atoms with Gasteiger partial charge in [0.1, 0.15) is 11.5 Å². The molecule has 134 valence electrons. The molecule has 0 unspecified atom stereocenters. The Kier molecular flexibility index (Phi) is 4.41. The molecule has 4 rings (SSSR count). The average molecular weight is 351 g/mol. The van der Waals surface area contributed by atoms with Gasteiger partial charge >= 0.3 is 0 Å². The number of aromatic nitrogens is 4. The van der Waals surface area contributed by atoms with Crippen molar-refractivity contribution < 1.29 is 4.39 Å². The lowest BCUT2D eigenvalue weighted by molar-refractivity contribution is 0.484. The van der Waals surface area contributed by atoms with Crippen LogP contribution in [0.2, 0.25) is 0 Å². The summed E-state index contributed by atoms with van der Waals surface area (Å²) in [5.41, 5.74) is 3.43. The number of benzene rings is 1. The summed E-state index contributed by atoms with van der Waals surface area (Å²) < 4.78 is 15.3. The fourth-order valence-electron chi connectivity index (χ4n) is 2.89. The Labute approximate surface area is 152 Å². The van der Waals surface area contributed by atoms with E-state index in [9.17, 15) is 4.39 Å². The zero-order valence-electron chi connectivity index (χ0n) is 15.0. The Hall–Kier alpha value is -2.76. The van der Waals surface area contributed by atoms with Gasteiger partial charge < -0.3 is 5.32 Å². The van der Waals surface area contributed by atoms with Crippen LogP contribution < -0.4 is 5.32 Å². The van der Waals surface area contributed by atoms with Crippen LogP contribution in [-0.2, 0) is 6.54 Å². The summed E-state index contributed by atoms with van der Waals surface area (Å²) in [6.07, 6.45) is 6.12. The summed E-state index contributed by atoms with van der Waals surface area (Å²) in [5.74, 6) is 0.864. The van der Waals surface area contributed by atoms with E-state index >= 15 is 0 Å². The molecule has 0 amide bonds. The summed E-state index contributed by atoms with van der Waals surface area (Å²) in [6.45, 7) is 5.12. The molecule has 1 fully saturated rings. The van der Waals surface area contributed by atoms with E-state index in [1.165, 1.54) is 25.0 Å². The summed E-state index contributed by atoms with van der Waals surface area (Å²) in [5, 5.41) is 8.08. The topological polar surface area (TPSA) is 55.6 Å². The van der Waals surface area contributed by atoms with Gasteiger partial charge in [0.2, 0.25) is 5.95 Å². The van der Waals surface area contributed by atoms with Gasteiger partial charge in [-0.2, -0.15) is 5.10 Å². The van der Waals surface area contributed by atoms with E-state index in [4.69, 9.17) is 5.10 Å². The van der Waals surface area contributed by atoms with Crippen LogP contribution in [0.5, 0.6) is 0 Å². The molecule has 1 aromatic carbocycles. The molecule has 26 heavy (non-hydrogen) atoms. The highest BCUT2D eigenvalue weighted by molar-refractivity contribution is 5.78. The fourth-order valence-corrected chi connectivity index (χ4v) is 2.89. The molecular weight excluding hydrogens is 329 g/mol. The highest BCUT2D eigenvalue weighted by Crippen LogP contribution is 2.31. The van der Waals surface area contributed by atoms with Crippen molar-refractivity contribution in [3.8, 4) is 22.5 Å². The number of hydrogen-bond acceptors (Lipinski definition) is 4. The second-order valence-corrected chi connectivity index (χ2v) is 7.20. The molecule has 0 saturated heterocycles. The van der Waals surface area contributed by atoms with Crippen LogP contribution in [0.15, 0.2) is 42.7 Å². The summed E-state index contributed by atoms with van der Waals surface area (Å²) >= 11 is 0. The first-order valence-corrected chi connectivity index (χ1v) is 9.02. The second kappa shape index (κ2) is 6.86. The first kappa shape index (κ1) is 16.7. The van der Waals surface area contributed by atoms with Crippen molar-refractivity contribution in [1.29, 1.82) is 0 Å². The smallest absolute Gasteiger partial charge is 0.223 e. The Morgan fingerprint density at radius 2 is 1.96 bits per heavy atom. The predicted octanol–water partition coefficient (Wildman–Crippen LogP) is 4.38. The van der Waals surface area contributed by atoms with Crippen molar-refractivity contribution in [2.75, 3.05) is 5.32 Å². The second-order valence-electron chi connectivity index (χ2n) is 7.20. The fraction of sp³-hybridized carbons (Fsp3) is 0.350. The van der Waals surface area contributed by atoms with Crippen LogP contribution in [-0.4, -0.2) is 25.8 Å². The Balaban J connectivity index is 1.75. The molecule has 2 heterocycles. The van der Waals surface area contributed by atoms with Crippen LogP contribution in [0.3, 0.4) is 0 Å². The molecule has 3 aromatic rings. The Bertz CT molecular complexity index is 897. The maximum Gasteiger partial charge on any atom is 0.223 e. The first-order chi connectivity index (χ1) is 12.6. The molecule has 2 aromatic heterocycles. The Morgan fingerprint density at radius 3 is 2.65 bits per heavy atom. The zero-order valence-corrected chi connectivity index (χ0v) is 15.0. The number of hydrogen-bond donors (Lipinski definition) is 1. The quantitative estimate of drug-likeness (QED) is 0.716. The molecule has 5 nitrogen and oxygen atoms in total. The van der Waals surface area contributed by atoms with Gasteiger partial charge in [-0.05, 0) is 49.1 Å². The van der Waals surface area contributed by atoms with E-state index in [0.717, 1.165) is 29.1 Å². The largest absolute Gasteiger partial charge is 0.351 e. The van der Waals surface area contributed by atoms with Crippen LogP contribution in [0.4, 0.5) is 10.3 Å². The van der Waals surface area contributed by atoms with Gasteiger partial charge in [0, 0.05) is 36.1 Å².